The van der Waals surface area contributed by atoms with E-state index in [0.717, 1.165) is 29.7 Å². The van der Waals surface area contributed by atoms with E-state index in [1.165, 1.54) is 11.6 Å². The van der Waals surface area contributed by atoms with Gasteiger partial charge in [0.2, 0.25) is 0 Å². The Labute approximate surface area is 120 Å². The summed E-state index contributed by atoms with van der Waals surface area (Å²) >= 11 is 0. The Morgan fingerprint density at radius 3 is 2.60 bits per heavy atom. The molecule has 0 radical (unpaired) electrons. The second kappa shape index (κ2) is 6.67. The molecule has 0 heterocycles. The summed E-state index contributed by atoms with van der Waals surface area (Å²) in [7, 11) is 0. The molecular weight excluding hydrogens is 249 g/mol. The van der Waals surface area contributed by atoms with Gasteiger partial charge >= 0.3 is 0 Å². The molecular formula is C18H22FN. The van der Waals surface area contributed by atoms with Gasteiger partial charge in [-0.05, 0) is 54.3 Å². The zero-order valence-corrected chi connectivity index (χ0v) is 12.4. The van der Waals surface area contributed by atoms with Crippen LogP contribution in [0.25, 0.3) is 11.1 Å². The zero-order valence-electron chi connectivity index (χ0n) is 12.4. The molecule has 2 aromatic rings. The van der Waals surface area contributed by atoms with Crippen LogP contribution in [0.4, 0.5) is 4.39 Å². The summed E-state index contributed by atoms with van der Waals surface area (Å²) in [5, 5.41) is 3.40. The highest BCUT2D eigenvalue weighted by atomic mass is 19.1. The lowest BCUT2D eigenvalue weighted by Crippen LogP contribution is -2.18. The molecule has 20 heavy (non-hydrogen) atoms. The molecule has 2 heteroatoms. The molecule has 0 saturated heterocycles. The highest BCUT2D eigenvalue weighted by Crippen LogP contribution is 2.29. The number of hydrogen-bond acceptors (Lipinski definition) is 1. The smallest absolute Gasteiger partial charge is 0.123 e. The fraction of sp³-hybridized carbons (Fsp3) is 0.333. The zero-order chi connectivity index (χ0) is 14.5. The van der Waals surface area contributed by atoms with Gasteiger partial charge in [0.05, 0.1) is 0 Å². The van der Waals surface area contributed by atoms with E-state index in [9.17, 15) is 4.39 Å². The van der Waals surface area contributed by atoms with E-state index in [2.05, 4.69) is 44.3 Å². The standard InChI is InChI=1S/C18H22FN/c1-4-14-7-6-8-15(11-14)18-12-16(19)9-10-17(18)13(3)20-5-2/h6-13,20H,4-5H2,1-3H3. The summed E-state index contributed by atoms with van der Waals surface area (Å²) in [5.74, 6) is -0.186. The molecule has 0 aliphatic rings. The van der Waals surface area contributed by atoms with E-state index >= 15 is 0 Å². The van der Waals surface area contributed by atoms with E-state index in [1.54, 1.807) is 6.07 Å². The first-order chi connectivity index (χ1) is 9.65. The number of aryl methyl sites for hydroxylation is 1. The molecule has 0 saturated carbocycles. The number of rotatable bonds is 5. The Balaban J connectivity index is 2.50. The molecule has 0 fully saturated rings. The van der Waals surface area contributed by atoms with Crippen molar-refractivity contribution < 1.29 is 4.39 Å². The van der Waals surface area contributed by atoms with E-state index < -0.39 is 0 Å². The van der Waals surface area contributed by atoms with Gasteiger partial charge in [-0.15, -0.1) is 0 Å². The maximum atomic E-state index is 13.6. The third-order valence-electron chi connectivity index (χ3n) is 3.64. The molecule has 1 atom stereocenters. The minimum absolute atomic E-state index is 0.186. The number of hydrogen-bond donors (Lipinski definition) is 1. The van der Waals surface area contributed by atoms with E-state index in [1.807, 2.05) is 12.1 Å². The summed E-state index contributed by atoms with van der Waals surface area (Å²) in [4.78, 5) is 0. The van der Waals surface area contributed by atoms with E-state index in [-0.39, 0.29) is 11.9 Å². The summed E-state index contributed by atoms with van der Waals surface area (Å²) < 4.78 is 13.6. The normalized spacial score (nSPS) is 12.4. The van der Waals surface area contributed by atoms with Crippen LogP contribution < -0.4 is 5.32 Å². The third-order valence-corrected chi connectivity index (χ3v) is 3.64. The topological polar surface area (TPSA) is 12.0 Å². The lowest BCUT2D eigenvalue weighted by atomic mass is 9.94. The molecule has 2 rings (SSSR count). The van der Waals surface area contributed by atoms with Crippen LogP contribution in [-0.4, -0.2) is 6.54 Å². The minimum atomic E-state index is -0.186. The van der Waals surface area contributed by atoms with Crippen molar-refractivity contribution in [2.24, 2.45) is 0 Å². The summed E-state index contributed by atoms with van der Waals surface area (Å²) in [5.41, 5.74) is 4.48. The van der Waals surface area contributed by atoms with Gasteiger partial charge in [-0.25, -0.2) is 4.39 Å². The molecule has 1 unspecified atom stereocenters. The van der Waals surface area contributed by atoms with Crippen LogP contribution >= 0.6 is 0 Å². The molecule has 0 aliphatic heterocycles. The van der Waals surface area contributed by atoms with Crippen molar-refractivity contribution in [2.75, 3.05) is 6.54 Å². The largest absolute Gasteiger partial charge is 0.310 e. The van der Waals surface area contributed by atoms with E-state index in [4.69, 9.17) is 0 Å². The van der Waals surface area contributed by atoms with Crippen LogP contribution in [0, 0.1) is 5.82 Å². The van der Waals surface area contributed by atoms with Gasteiger partial charge in [0, 0.05) is 6.04 Å². The average molecular weight is 271 g/mol. The quantitative estimate of drug-likeness (QED) is 0.829. The lowest BCUT2D eigenvalue weighted by Gasteiger charge is -2.18. The average Bonchev–Trinajstić information content (AvgIpc) is 2.47. The predicted molar refractivity (Wildman–Crippen MR) is 83.3 cm³/mol. The number of nitrogens with one attached hydrogen (secondary N) is 1. The van der Waals surface area contributed by atoms with Crippen molar-refractivity contribution >= 4 is 0 Å². The lowest BCUT2D eigenvalue weighted by molar-refractivity contribution is 0.593. The van der Waals surface area contributed by atoms with Crippen molar-refractivity contribution in [3.63, 3.8) is 0 Å². The molecule has 1 N–H and O–H groups in total. The van der Waals surface area contributed by atoms with Crippen LogP contribution in [0.2, 0.25) is 0 Å². The monoisotopic (exact) mass is 271 g/mol. The van der Waals surface area contributed by atoms with Crippen molar-refractivity contribution in [3.05, 3.63) is 59.4 Å². The Morgan fingerprint density at radius 2 is 1.90 bits per heavy atom. The molecule has 1 nitrogen and oxygen atoms in total. The second-order valence-corrected chi connectivity index (χ2v) is 5.06. The summed E-state index contributed by atoms with van der Waals surface area (Å²) in [6, 6.07) is 13.6. The SMILES string of the molecule is CCNC(C)c1ccc(F)cc1-c1cccc(CC)c1. The van der Waals surface area contributed by atoms with Crippen molar-refractivity contribution in [2.45, 2.75) is 33.2 Å². The first kappa shape index (κ1) is 14.7. The van der Waals surface area contributed by atoms with Gasteiger partial charge in [0.25, 0.3) is 0 Å². The minimum Gasteiger partial charge on any atom is -0.310 e. The Hall–Kier alpha value is -1.67. The molecule has 0 amide bonds. The Morgan fingerprint density at radius 1 is 1.10 bits per heavy atom. The van der Waals surface area contributed by atoms with Gasteiger partial charge in [-0.3, -0.25) is 0 Å². The molecule has 0 bridgehead atoms. The van der Waals surface area contributed by atoms with Gasteiger partial charge in [0.1, 0.15) is 5.82 Å². The molecule has 2 aromatic carbocycles. The number of halogens is 1. The third kappa shape index (κ3) is 3.26. The highest BCUT2D eigenvalue weighted by molar-refractivity contribution is 5.68. The number of benzene rings is 2. The van der Waals surface area contributed by atoms with Crippen molar-refractivity contribution in [1.29, 1.82) is 0 Å². The van der Waals surface area contributed by atoms with Gasteiger partial charge in [-0.1, -0.05) is 44.2 Å². The predicted octanol–water partition coefficient (Wildman–Crippen LogP) is 4.73. The van der Waals surface area contributed by atoms with Crippen LogP contribution in [0.3, 0.4) is 0 Å². The summed E-state index contributed by atoms with van der Waals surface area (Å²) in [6.07, 6.45) is 0.987. The second-order valence-electron chi connectivity index (χ2n) is 5.06. The van der Waals surface area contributed by atoms with Crippen molar-refractivity contribution in [1.82, 2.24) is 5.32 Å². The first-order valence-corrected chi connectivity index (χ1v) is 7.27. The van der Waals surface area contributed by atoms with Gasteiger partial charge in [0.15, 0.2) is 0 Å². The molecule has 0 aromatic heterocycles. The van der Waals surface area contributed by atoms with Crippen molar-refractivity contribution in [3.8, 4) is 11.1 Å². The fourth-order valence-corrected chi connectivity index (χ4v) is 2.53. The molecule has 0 aliphatic carbocycles. The Bertz CT molecular complexity index is 577. The summed E-state index contributed by atoms with van der Waals surface area (Å²) in [6.45, 7) is 7.22. The van der Waals surface area contributed by atoms with Gasteiger partial charge < -0.3 is 5.32 Å². The van der Waals surface area contributed by atoms with Gasteiger partial charge in [-0.2, -0.15) is 0 Å². The maximum absolute atomic E-state index is 13.6. The highest BCUT2D eigenvalue weighted by Gasteiger charge is 2.12. The van der Waals surface area contributed by atoms with Crippen LogP contribution in [0.1, 0.15) is 37.9 Å². The van der Waals surface area contributed by atoms with Crippen LogP contribution in [0.15, 0.2) is 42.5 Å². The van der Waals surface area contributed by atoms with Crippen LogP contribution in [-0.2, 0) is 6.42 Å². The Kier molecular flexibility index (Phi) is 4.91. The molecule has 106 valence electrons. The maximum Gasteiger partial charge on any atom is 0.123 e. The van der Waals surface area contributed by atoms with E-state index in [0.29, 0.717) is 0 Å². The fourth-order valence-electron chi connectivity index (χ4n) is 2.53. The van der Waals surface area contributed by atoms with Crippen LogP contribution in [0.5, 0.6) is 0 Å². The molecule has 0 spiro atoms. The first-order valence-electron chi connectivity index (χ1n) is 7.27.